The van der Waals surface area contributed by atoms with E-state index in [9.17, 15) is 0 Å². The molecule has 2 heteroatoms. The third kappa shape index (κ3) is 4.92. The summed E-state index contributed by atoms with van der Waals surface area (Å²) < 4.78 is 5.53. The minimum Gasteiger partial charge on any atom is -0.380 e. The van der Waals surface area contributed by atoms with Crippen molar-refractivity contribution in [1.82, 2.24) is 5.32 Å². The smallest absolute Gasteiger partial charge is 0.0575 e. The normalized spacial score (nSPS) is 22.1. The van der Waals surface area contributed by atoms with Crippen molar-refractivity contribution in [3.63, 3.8) is 0 Å². The Labute approximate surface area is 81.0 Å². The van der Waals surface area contributed by atoms with E-state index >= 15 is 0 Å². The van der Waals surface area contributed by atoms with Crippen molar-refractivity contribution >= 4 is 0 Å². The molecule has 0 saturated carbocycles. The lowest BCUT2D eigenvalue weighted by molar-refractivity contribution is 0.0941. The molecule has 1 rings (SSSR count). The van der Waals surface area contributed by atoms with Gasteiger partial charge in [0.05, 0.1) is 13.2 Å². The Hall–Kier alpha value is -0.520. The summed E-state index contributed by atoms with van der Waals surface area (Å²) in [7, 11) is 0. The van der Waals surface area contributed by atoms with Crippen LogP contribution in [0.3, 0.4) is 0 Å². The number of hydrogen-bond acceptors (Lipinski definition) is 2. The van der Waals surface area contributed by atoms with Crippen molar-refractivity contribution in [3.8, 4) is 11.8 Å². The van der Waals surface area contributed by atoms with Gasteiger partial charge >= 0.3 is 0 Å². The van der Waals surface area contributed by atoms with Crippen LogP contribution in [0.5, 0.6) is 0 Å². The highest BCUT2D eigenvalue weighted by molar-refractivity contribution is 4.94. The molecule has 1 fully saturated rings. The quantitative estimate of drug-likeness (QED) is 0.523. The predicted octanol–water partition coefficient (Wildman–Crippen LogP) is 1.42. The molecular formula is C11H19NO. The van der Waals surface area contributed by atoms with E-state index in [4.69, 9.17) is 4.74 Å². The van der Waals surface area contributed by atoms with Crippen LogP contribution in [0.1, 0.15) is 26.2 Å². The number of ether oxygens (including phenoxy) is 1. The molecule has 0 aromatic heterocycles. The second-order valence-electron chi connectivity index (χ2n) is 3.46. The molecule has 0 aliphatic carbocycles. The molecule has 0 amide bonds. The SMILES string of the molecule is CC#CCCOCC1CCCNC1. The fourth-order valence-electron chi connectivity index (χ4n) is 1.56. The summed E-state index contributed by atoms with van der Waals surface area (Å²) in [5.74, 6) is 6.58. The molecule has 2 nitrogen and oxygen atoms in total. The fourth-order valence-corrected chi connectivity index (χ4v) is 1.56. The second kappa shape index (κ2) is 6.94. The van der Waals surface area contributed by atoms with E-state index in [1.54, 1.807) is 0 Å². The average molecular weight is 181 g/mol. The molecule has 74 valence electrons. The second-order valence-corrected chi connectivity index (χ2v) is 3.46. The van der Waals surface area contributed by atoms with Crippen LogP contribution >= 0.6 is 0 Å². The molecule has 1 heterocycles. The molecule has 0 aromatic rings. The first-order valence-corrected chi connectivity index (χ1v) is 5.11. The third-order valence-electron chi connectivity index (χ3n) is 2.30. The van der Waals surface area contributed by atoms with Crippen LogP contribution in [0.15, 0.2) is 0 Å². The van der Waals surface area contributed by atoms with Gasteiger partial charge in [0.25, 0.3) is 0 Å². The van der Waals surface area contributed by atoms with Crippen LogP contribution in [0.2, 0.25) is 0 Å². The molecule has 1 aliphatic heterocycles. The van der Waals surface area contributed by atoms with Gasteiger partial charge in [-0.1, -0.05) is 0 Å². The van der Waals surface area contributed by atoms with Gasteiger partial charge in [0.2, 0.25) is 0 Å². The molecule has 1 N–H and O–H groups in total. The summed E-state index contributed by atoms with van der Waals surface area (Å²) in [5, 5.41) is 3.38. The van der Waals surface area contributed by atoms with Gasteiger partial charge in [-0.15, -0.1) is 11.8 Å². The first-order chi connectivity index (χ1) is 6.43. The molecule has 0 bridgehead atoms. The number of nitrogens with one attached hydrogen (secondary N) is 1. The summed E-state index contributed by atoms with van der Waals surface area (Å²) in [6, 6.07) is 0. The van der Waals surface area contributed by atoms with E-state index in [0.717, 1.165) is 32.1 Å². The number of piperidine rings is 1. The Kier molecular flexibility index (Phi) is 5.64. The zero-order chi connectivity index (χ0) is 9.36. The molecular weight excluding hydrogens is 162 g/mol. The molecule has 1 aliphatic rings. The Morgan fingerprint density at radius 3 is 3.15 bits per heavy atom. The summed E-state index contributed by atoms with van der Waals surface area (Å²) in [4.78, 5) is 0. The van der Waals surface area contributed by atoms with Gasteiger partial charge in [-0.3, -0.25) is 0 Å². The summed E-state index contributed by atoms with van der Waals surface area (Å²) in [5.41, 5.74) is 0. The van der Waals surface area contributed by atoms with Gasteiger partial charge in [0.15, 0.2) is 0 Å². The first-order valence-electron chi connectivity index (χ1n) is 5.11. The van der Waals surface area contributed by atoms with Crippen LogP contribution in [-0.4, -0.2) is 26.3 Å². The van der Waals surface area contributed by atoms with E-state index in [2.05, 4.69) is 17.2 Å². The monoisotopic (exact) mass is 181 g/mol. The van der Waals surface area contributed by atoms with E-state index in [1.807, 2.05) is 6.92 Å². The minimum absolute atomic E-state index is 0.725. The van der Waals surface area contributed by atoms with Crippen molar-refractivity contribution in [2.45, 2.75) is 26.2 Å². The van der Waals surface area contributed by atoms with Crippen molar-refractivity contribution in [2.75, 3.05) is 26.3 Å². The molecule has 13 heavy (non-hydrogen) atoms. The Balaban J connectivity index is 1.94. The molecule has 1 atom stereocenters. The summed E-state index contributed by atoms with van der Waals surface area (Å²) >= 11 is 0. The van der Waals surface area contributed by atoms with E-state index in [0.29, 0.717) is 0 Å². The molecule has 1 saturated heterocycles. The highest BCUT2D eigenvalue weighted by Gasteiger charge is 2.12. The minimum atomic E-state index is 0.725. The van der Waals surface area contributed by atoms with Crippen molar-refractivity contribution in [1.29, 1.82) is 0 Å². The van der Waals surface area contributed by atoms with Crippen LogP contribution in [0.25, 0.3) is 0 Å². The van der Waals surface area contributed by atoms with Crippen molar-refractivity contribution < 1.29 is 4.74 Å². The van der Waals surface area contributed by atoms with Gasteiger partial charge < -0.3 is 10.1 Å². The topological polar surface area (TPSA) is 21.3 Å². The van der Waals surface area contributed by atoms with Crippen LogP contribution in [0, 0.1) is 17.8 Å². The zero-order valence-corrected chi connectivity index (χ0v) is 8.44. The average Bonchev–Trinajstić information content (AvgIpc) is 2.19. The van der Waals surface area contributed by atoms with Crippen LogP contribution < -0.4 is 5.32 Å². The summed E-state index contributed by atoms with van der Waals surface area (Å²) in [6.45, 7) is 5.86. The molecule has 0 radical (unpaired) electrons. The lowest BCUT2D eigenvalue weighted by atomic mass is 10.0. The Morgan fingerprint density at radius 1 is 1.54 bits per heavy atom. The number of hydrogen-bond donors (Lipinski definition) is 1. The van der Waals surface area contributed by atoms with Gasteiger partial charge in [0.1, 0.15) is 0 Å². The van der Waals surface area contributed by atoms with E-state index in [-0.39, 0.29) is 0 Å². The maximum Gasteiger partial charge on any atom is 0.0575 e. The number of rotatable bonds is 4. The largest absolute Gasteiger partial charge is 0.380 e. The standard InChI is InChI=1S/C11H19NO/c1-2-3-4-8-13-10-11-6-5-7-12-9-11/h11-12H,4-10H2,1H3. The van der Waals surface area contributed by atoms with Gasteiger partial charge in [-0.2, -0.15) is 0 Å². The zero-order valence-electron chi connectivity index (χ0n) is 8.44. The van der Waals surface area contributed by atoms with Gasteiger partial charge in [-0.05, 0) is 32.2 Å². The first kappa shape index (κ1) is 10.6. The van der Waals surface area contributed by atoms with Gasteiger partial charge in [0, 0.05) is 13.0 Å². The van der Waals surface area contributed by atoms with Crippen molar-refractivity contribution in [2.24, 2.45) is 5.92 Å². The Bertz CT molecular complexity index is 174. The van der Waals surface area contributed by atoms with Crippen molar-refractivity contribution in [3.05, 3.63) is 0 Å². The highest BCUT2D eigenvalue weighted by atomic mass is 16.5. The molecule has 1 unspecified atom stereocenters. The van der Waals surface area contributed by atoms with Crippen LogP contribution in [0.4, 0.5) is 0 Å². The van der Waals surface area contributed by atoms with E-state index < -0.39 is 0 Å². The predicted molar refractivity (Wildman–Crippen MR) is 54.5 cm³/mol. The van der Waals surface area contributed by atoms with E-state index in [1.165, 1.54) is 19.4 Å². The maximum absolute atomic E-state index is 5.53. The Morgan fingerprint density at radius 2 is 2.46 bits per heavy atom. The highest BCUT2D eigenvalue weighted by Crippen LogP contribution is 2.09. The lowest BCUT2D eigenvalue weighted by Gasteiger charge is -2.22. The molecule has 0 aromatic carbocycles. The maximum atomic E-state index is 5.53. The third-order valence-corrected chi connectivity index (χ3v) is 2.30. The fraction of sp³-hybridized carbons (Fsp3) is 0.818. The van der Waals surface area contributed by atoms with Gasteiger partial charge in [-0.25, -0.2) is 0 Å². The lowest BCUT2D eigenvalue weighted by Crippen LogP contribution is -2.32. The molecule has 0 spiro atoms. The van der Waals surface area contributed by atoms with Crippen LogP contribution in [-0.2, 0) is 4.74 Å². The summed E-state index contributed by atoms with van der Waals surface area (Å²) in [6.07, 6.45) is 3.48.